The molecule has 0 bridgehead atoms. The summed E-state index contributed by atoms with van der Waals surface area (Å²) in [5, 5.41) is 2.96. The van der Waals surface area contributed by atoms with E-state index in [-0.39, 0.29) is 11.8 Å². The first-order valence-electron chi connectivity index (χ1n) is 8.29. The quantitative estimate of drug-likeness (QED) is 0.933. The summed E-state index contributed by atoms with van der Waals surface area (Å²) < 4.78 is 0. The molecular formula is C20H22N2O2. The molecular weight excluding hydrogens is 300 g/mol. The lowest BCUT2D eigenvalue weighted by atomic mass is 10.1. The molecule has 1 saturated heterocycles. The van der Waals surface area contributed by atoms with Crippen LogP contribution in [-0.2, 0) is 11.3 Å². The number of carbonyl (C=O) groups excluding carboxylic acids is 2. The number of amides is 2. The molecule has 2 amide bonds. The van der Waals surface area contributed by atoms with Gasteiger partial charge in [0.25, 0.3) is 5.91 Å². The van der Waals surface area contributed by atoms with Crippen LogP contribution in [0.4, 0.5) is 5.69 Å². The van der Waals surface area contributed by atoms with Gasteiger partial charge in [-0.2, -0.15) is 0 Å². The molecule has 2 aromatic carbocycles. The molecule has 2 aromatic rings. The Balaban J connectivity index is 1.67. The Kier molecular flexibility index (Phi) is 4.65. The number of carbonyl (C=O) groups is 2. The van der Waals surface area contributed by atoms with Crippen LogP contribution in [0.25, 0.3) is 0 Å². The zero-order valence-electron chi connectivity index (χ0n) is 14.1. The minimum atomic E-state index is -0.118. The lowest BCUT2D eigenvalue weighted by Gasteiger charge is -2.15. The summed E-state index contributed by atoms with van der Waals surface area (Å²) in [6.45, 7) is 5.48. The van der Waals surface area contributed by atoms with Gasteiger partial charge in [0.2, 0.25) is 5.91 Å². The van der Waals surface area contributed by atoms with Gasteiger partial charge in [0.15, 0.2) is 0 Å². The van der Waals surface area contributed by atoms with Gasteiger partial charge in [-0.15, -0.1) is 0 Å². The van der Waals surface area contributed by atoms with Crippen molar-refractivity contribution >= 4 is 17.5 Å². The molecule has 3 rings (SSSR count). The summed E-state index contributed by atoms with van der Waals surface area (Å²) in [7, 11) is 0. The van der Waals surface area contributed by atoms with Crippen LogP contribution in [0, 0.1) is 13.8 Å². The third kappa shape index (κ3) is 3.48. The molecule has 1 aliphatic rings. The number of hydrogen-bond acceptors (Lipinski definition) is 2. The number of rotatable bonds is 4. The smallest absolute Gasteiger partial charge is 0.255 e. The highest BCUT2D eigenvalue weighted by Gasteiger charge is 2.20. The average Bonchev–Trinajstić information content (AvgIpc) is 2.97. The van der Waals surface area contributed by atoms with Crippen molar-refractivity contribution in [2.75, 3.05) is 11.9 Å². The van der Waals surface area contributed by atoms with Crippen LogP contribution in [0.1, 0.15) is 39.9 Å². The van der Waals surface area contributed by atoms with Gasteiger partial charge in [0.05, 0.1) is 0 Å². The number of likely N-dealkylation sites (tertiary alicyclic amines) is 1. The fourth-order valence-electron chi connectivity index (χ4n) is 2.93. The highest BCUT2D eigenvalue weighted by atomic mass is 16.2. The molecule has 0 aliphatic carbocycles. The van der Waals surface area contributed by atoms with Crippen molar-refractivity contribution in [2.45, 2.75) is 33.2 Å². The zero-order chi connectivity index (χ0) is 17.1. The summed E-state index contributed by atoms with van der Waals surface area (Å²) in [4.78, 5) is 26.0. The van der Waals surface area contributed by atoms with Crippen molar-refractivity contribution in [3.05, 3.63) is 64.7 Å². The minimum absolute atomic E-state index is 0.118. The van der Waals surface area contributed by atoms with Crippen LogP contribution < -0.4 is 5.32 Å². The van der Waals surface area contributed by atoms with Crippen LogP contribution in [-0.4, -0.2) is 23.3 Å². The van der Waals surface area contributed by atoms with Crippen molar-refractivity contribution in [3.8, 4) is 0 Å². The SMILES string of the molecule is Cc1cccc(NC(=O)c2ccc(CN3CCCC3=O)cc2)c1C. The average molecular weight is 322 g/mol. The third-order valence-corrected chi connectivity index (χ3v) is 4.61. The van der Waals surface area contributed by atoms with E-state index in [1.165, 1.54) is 0 Å². The molecule has 0 atom stereocenters. The Morgan fingerprint density at radius 3 is 2.54 bits per heavy atom. The number of benzene rings is 2. The Morgan fingerprint density at radius 2 is 1.88 bits per heavy atom. The molecule has 4 nitrogen and oxygen atoms in total. The van der Waals surface area contributed by atoms with E-state index in [1.54, 1.807) is 0 Å². The number of nitrogens with one attached hydrogen (secondary N) is 1. The monoisotopic (exact) mass is 322 g/mol. The van der Waals surface area contributed by atoms with Gasteiger partial charge in [-0.25, -0.2) is 0 Å². The molecule has 0 unspecified atom stereocenters. The van der Waals surface area contributed by atoms with Crippen molar-refractivity contribution in [1.82, 2.24) is 4.90 Å². The van der Waals surface area contributed by atoms with Crippen molar-refractivity contribution in [3.63, 3.8) is 0 Å². The lowest BCUT2D eigenvalue weighted by Crippen LogP contribution is -2.23. The molecule has 4 heteroatoms. The van der Waals surface area contributed by atoms with E-state index in [2.05, 4.69) is 5.32 Å². The molecule has 1 fully saturated rings. The summed E-state index contributed by atoms with van der Waals surface area (Å²) in [5.74, 6) is 0.0965. The number of aryl methyl sites for hydroxylation is 1. The van der Waals surface area contributed by atoms with Crippen LogP contribution in [0.5, 0.6) is 0 Å². The number of anilines is 1. The predicted molar refractivity (Wildman–Crippen MR) is 95.0 cm³/mol. The van der Waals surface area contributed by atoms with E-state index in [4.69, 9.17) is 0 Å². The summed E-state index contributed by atoms with van der Waals surface area (Å²) >= 11 is 0. The summed E-state index contributed by atoms with van der Waals surface area (Å²) in [5.41, 5.74) is 4.74. The van der Waals surface area contributed by atoms with E-state index in [1.807, 2.05) is 61.2 Å². The van der Waals surface area contributed by atoms with Crippen molar-refractivity contribution in [1.29, 1.82) is 0 Å². The van der Waals surface area contributed by atoms with Gasteiger partial charge in [0, 0.05) is 30.8 Å². The van der Waals surface area contributed by atoms with Gasteiger partial charge in [-0.3, -0.25) is 9.59 Å². The molecule has 124 valence electrons. The Labute approximate surface area is 142 Å². The van der Waals surface area contributed by atoms with Gasteiger partial charge >= 0.3 is 0 Å². The standard InChI is InChI=1S/C20H22N2O2/c1-14-5-3-6-18(15(14)2)21-20(24)17-10-8-16(9-11-17)13-22-12-4-7-19(22)23/h3,5-6,8-11H,4,7,12-13H2,1-2H3,(H,21,24). The Morgan fingerprint density at radius 1 is 1.12 bits per heavy atom. The van der Waals surface area contributed by atoms with Gasteiger partial charge in [-0.1, -0.05) is 24.3 Å². The maximum Gasteiger partial charge on any atom is 0.255 e. The van der Waals surface area contributed by atoms with Crippen molar-refractivity contribution < 1.29 is 9.59 Å². The molecule has 0 saturated carbocycles. The van der Waals surface area contributed by atoms with Gasteiger partial charge in [0.1, 0.15) is 0 Å². The fourth-order valence-corrected chi connectivity index (χ4v) is 2.93. The molecule has 0 radical (unpaired) electrons. The number of hydrogen-bond donors (Lipinski definition) is 1. The van der Waals surface area contributed by atoms with Crippen LogP contribution in [0.15, 0.2) is 42.5 Å². The van der Waals surface area contributed by atoms with E-state index >= 15 is 0 Å². The minimum Gasteiger partial charge on any atom is -0.338 e. The fraction of sp³-hybridized carbons (Fsp3) is 0.300. The highest BCUT2D eigenvalue weighted by Crippen LogP contribution is 2.19. The molecule has 24 heavy (non-hydrogen) atoms. The largest absolute Gasteiger partial charge is 0.338 e. The first-order chi connectivity index (χ1) is 11.5. The van der Waals surface area contributed by atoms with E-state index in [9.17, 15) is 9.59 Å². The maximum absolute atomic E-state index is 12.4. The second-order valence-electron chi connectivity index (χ2n) is 6.32. The number of nitrogens with zero attached hydrogens (tertiary/aromatic N) is 1. The summed E-state index contributed by atoms with van der Waals surface area (Å²) in [6.07, 6.45) is 1.59. The van der Waals surface area contributed by atoms with Gasteiger partial charge < -0.3 is 10.2 Å². The van der Waals surface area contributed by atoms with Crippen LogP contribution in [0.3, 0.4) is 0 Å². The Bertz CT molecular complexity index is 766. The third-order valence-electron chi connectivity index (χ3n) is 4.61. The van der Waals surface area contributed by atoms with E-state index < -0.39 is 0 Å². The second-order valence-corrected chi connectivity index (χ2v) is 6.32. The molecule has 1 N–H and O–H groups in total. The summed E-state index contributed by atoms with van der Waals surface area (Å²) in [6, 6.07) is 13.3. The predicted octanol–water partition coefficient (Wildman–Crippen LogP) is 3.68. The second kappa shape index (κ2) is 6.87. The highest BCUT2D eigenvalue weighted by molar-refractivity contribution is 6.04. The van der Waals surface area contributed by atoms with E-state index in [0.717, 1.165) is 35.3 Å². The van der Waals surface area contributed by atoms with Crippen LogP contribution in [0.2, 0.25) is 0 Å². The van der Waals surface area contributed by atoms with Crippen LogP contribution >= 0.6 is 0 Å². The first kappa shape index (κ1) is 16.2. The first-order valence-corrected chi connectivity index (χ1v) is 8.29. The zero-order valence-corrected chi connectivity index (χ0v) is 14.1. The van der Waals surface area contributed by atoms with E-state index in [0.29, 0.717) is 18.5 Å². The lowest BCUT2D eigenvalue weighted by molar-refractivity contribution is -0.128. The maximum atomic E-state index is 12.4. The van der Waals surface area contributed by atoms with Crippen molar-refractivity contribution in [2.24, 2.45) is 0 Å². The van der Waals surface area contributed by atoms with Gasteiger partial charge in [-0.05, 0) is 55.2 Å². The molecule has 1 heterocycles. The Hall–Kier alpha value is -2.62. The molecule has 0 spiro atoms. The molecule has 0 aromatic heterocycles. The topological polar surface area (TPSA) is 49.4 Å². The molecule has 1 aliphatic heterocycles. The normalized spacial score (nSPS) is 14.1.